The molecule has 0 aliphatic heterocycles. The van der Waals surface area contributed by atoms with Crippen molar-refractivity contribution in [2.75, 3.05) is 16.4 Å². The molecule has 8 N–H and O–H groups in total. The fourth-order valence-electron chi connectivity index (χ4n) is 4.76. The van der Waals surface area contributed by atoms with Crippen LogP contribution in [0.5, 0.6) is 0 Å². The Morgan fingerprint density at radius 2 is 0.792 bits per heavy atom. The molecule has 0 bridgehead atoms. The van der Waals surface area contributed by atoms with Crippen LogP contribution in [-0.2, 0) is 40.5 Å². The quantitative estimate of drug-likeness (QED) is 0.0635. The number of carbonyl (C=O) groups excluding carboxylic acids is 2. The van der Waals surface area contributed by atoms with Crippen LogP contribution in [-0.4, -0.2) is 182 Å². The van der Waals surface area contributed by atoms with Gasteiger partial charge in [-0.1, -0.05) is 12.1 Å². The molecule has 5 aromatic carbocycles. The van der Waals surface area contributed by atoms with Crippen molar-refractivity contribution < 1.29 is 61.5 Å². The first-order valence-corrected chi connectivity index (χ1v) is 18.9. The van der Waals surface area contributed by atoms with Crippen LogP contribution < -0.4 is 16.4 Å². The zero-order valence-electron chi connectivity index (χ0n) is 24.1. The molecule has 53 heavy (non-hydrogen) atoms. The second-order valence-electron chi connectivity index (χ2n) is 10.4. The summed E-state index contributed by atoms with van der Waals surface area (Å²) in [6, 6.07) is 13.4. The third-order valence-corrected chi connectivity index (χ3v) is 10.4. The van der Waals surface area contributed by atoms with Crippen LogP contribution in [0.3, 0.4) is 0 Å². The molecule has 0 radical (unpaired) electrons. The Labute approximate surface area is 391 Å². The first-order chi connectivity index (χ1) is 22.5. The average molecular weight is 848 g/mol. The standard InChI is InChI=1S/C28H21N3O14S4.4Na.4H/c29-20-6-18(27(32)30-23-10-14-1-3-21(46(34,35)36)8-16(14)12-25(23)48(40,41)42)5-19(7-20)28(33)31-24-11-15-2-4-22(47(37,38)39)9-17(15)13-26(24)49(43,44)45;;;;;;;;/h1-13H,29H2,(H,30,32)(H,31,33)(H,34,35,36)(H,37,38,39)(H,40,41,42)(H,43,44,45);;;;;;;;. The number of benzene rings is 5. The van der Waals surface area contributed by atoms with Gasteiger partial charge in [-0.15, -0.1) is 0 Å². The van der Waals surface area contributed by atoms with Crippen LogP contribution in [0.25, 0.3) is 21.5 Å². The molecular weight excluding hydrogens is 823 g/mol. The summed E-state index contributed by atoms with van der Waals surface area (Å²) < 4.78 is 133. The van der Waals surface area contributed by atoms with E-state index < -0.39 is 83.2 Å². The van der Waals surface area contributed by atoms with Crippen LogP contribution >= 0.6 is 0 Å². The number of rotatable bonds is 8. The number of carbonyl (C=O) groups is 2. The minimum atomic E-state index is -5.03. The molecule has 0 unspecified atom stereocenters. The number of fused-ring (bicyclic) bond motifs is 2. The van der Waals surface area contributed by atoms with E-state index in [1.807, 2.05) is 0 Å². The van der Waals surface area contributed by atoms with Crippen LogP contribution in [0.1, 0.15) is 20.7 Å². The monoisotopic (exact) mass is 847 g/mol. The van der Waals surface area contributed by atoms with Gasteiger partial charge in [-0.3, -0.25) is 27.8 Å². The summed E-state index contributed by atoms with van der Waals surface area (Å²) in [6.45, 7) is 0. The van der Waals surface area contributed by atoms with E-state index in [0.717, 1.165) is 66.7 Å². The van der Waals surface area contributed by atoms with Gasteiger partial charge in [0.15, 0.2) is 0 Å². The predicted octanol–water partition coefficient (Wildman–Crippen LogP) is 0.473. The Bertz CT molecular complexity index is 2550. The van der Waals surface area contributed by atoms with E-state index in [1.54, 1.807) is 0 Å². The van der Waals surface area contributed by atoms with Crippen molar-refractivity contribution in [1.82, 2.24) is 0 Å². The average Bonchev–Trinajstić information content (AvgIpc) is 2.97. The number of nitrogens with one attached hydrogen (secondary N) is 2. The molecular formula is C28H25N3Na4O14S4. The molecule has 25 heteroatoms. The van der Waals surface area contributed by atoms with E-state index >= 15 is 0 Å². The van der Waals surface area contributed by atoms with Crippen molar-refractivity contribution in [2.24, 2.45) is 0 Å². The number of hydrogen-bond donors (Lipinski definition) is 7. The molecule has 5 rings (SSSR count). The molecule has 0 heterocycles. The first kappa shape index (κ1) is 50.0. The maximum absolute atomic E-state index is 13.3. The summed E-state index contributed by atoms with van der Waals surface area (Å²) in [5, 5.41) is 4.83. The van der Waals surface area contributed by atoms with Crippen molar-refractivity contribution in [1.29, 1.82) is 0 Å². The summed E-state index contributed by atoms with van der Waals surface area (Å²) in [5.41, 5.74) is 4.18. The fourth-order valence-corrected chi connectivity index (χ4v) is 7.12. The molecule has 264 valence electrons. The molecule has 0 aromatic heterocycles. The molecule has 0 aliphatic rings. The summed E-state index contributed by atoms with van der Waals surface area (Å²) >= 11 is 0. The first-order valence-electron chi connectivity index (χ1n) is 13.1. The van der Waals surface area contributed by atoms with Crippen LogP contribution in [0.4, 0.5) is 17.1 Å². The van der Waals surface area contributed by atoms with Gasteiger partial charge in [0.1, 0.15) is 9.79 Å². The Morgan fingerprint density at radius 3 is 1.09 bits per heavy atom. The van der Waals surface area contributed by atoms with E-state index in [4.69, 9.17) is 5.73 Å². The van der Waals surface area contributed by atoms with Crippen LogP contribution in [0.15, 0.2) is 98.4 Å². The van der Waals surface area contributed by atoms with Gasteiger partial charge in [0.05, 0.1) is 21.2 Å². The summed E-state index contributed by atoms with van der Waals surface area (Å²) in [7, 11) is -19.4. The SMILES string of the molecule is Nc1cc(C(=O)Nc2cc3ccc(S(=O)(=O)O)cc3cc2S(=O)(=O)O)cc(C(=O)Nc2cc3ccc(S(=O)(=O)O)cc3cc2S(=O)(=O)O)c1.[NaH].[NaH].[NaH].[NaH]. The number of amides is 2. The summed E-state index contributed by atoms with van der Waals surface area (Å²) in [6.07, 6.45) is 0. The van der Waals surface area contributed by atoms with Gasteiger partial charge < -0.3 is 16.4 Å². The Morgan fingerprint density at radius 1 is 0.453 bits per heavy atom. The number of nitrogen functional groups attached to an aromatic ring is 1. The van der Waals surface area contributed by atoms with E-state index in [9.17, 15) is 61.5 Å². The van der Waals surface area contributed by atoms with Crippen LogP contribution in [0.2, 0.25) is 0 Å². The molecule has 0 spiro atoms. The Hall–Kier alpha value is -1.000. The second-order valence-corrected chi connectivity index (χ2v) is 16.0. The van der Waals surface area contributed by atoms with Crippen molar-refractivity contribution in [2.45, 2.75) is 19.6 Å². The van der Waals surface area contributed by atoms with Gasteiger partial charge in [-0.2, -0.15) is 33.7 Å². The van der Waals surface area contributed by atoms with Gasteiger partial charge in [0, 0.05) is 16.8 Å². The molecule has 0 aliphatic carbocycles. The normalized spacial score (nSPS) is 11.6. The minimum absolute atomic E-state index is 0. The maximum atomic E-state index is 13.3. The second kappa shape index (κ2) is 18.5. The van der Waals surface area contributed by atoms with E-state index in [0.29, 0.717) is 0 Å². The third-order valence-electron chi connectivity index (χ3n) is 6.95. The fraction of sp³-hybridized carbons (Fsp3) is 0. The van der Waals surface area contributed by atoms with Gasteiger partial charge in [0.25, 0.3) is 52.3 Å². The molecule has 5 aromatic rings. The molecule has 0 saturated heterocycles. The van der Waals surface area contributed by atoms with Gasteiger partial charge in [-0.25, -0.2) is 0 Å². The molecule has 2 amide bonds. The van der Waals surface area contributed by atoms with E-state index in [2.05, 4.69) is 10.6 Å². The number of anilines is 3. The van der Waals surface area contributed by atoms with Gasteiger partial charge in [-0.05, 0) is 88.3 Å². The predicted molar refractivity (Wildman–Crippen MR) is 203 cm³/mol. The molecule has 0 saturated carbocycles. The van der Waals surface area contributed by atoms with E-state index in [-0.39, 0.29) is 157 Å². The van der Waals surface area contributed by atoms with Crippen molar-refractivity contribution in [3.63, 3.8) is 0 Å². The molecule has 0 atom stereocenters. The Balaban J connectivity index is 0.00000351. The number of hydrogen-bond acceptors (Lipinski definition) is 11. The molecule has 17 nitrogen and oxygen atoms in total. The Kier molecular flexibility index (Phi) is 17.5. The van der Waals surface area contributed by atoms with Crippen molar-refractivity contribution in [3.8, 4) is 0 Å². The van der Waals surface area contributed by atoms with Crippen molar-refractivity contribution >= 4 is 209 Å². The topological polar surface area (TPSA) is 302 Å². The zero-order chi connectivity index (χ0) is 36.3. The summed E-state index contributed by atoms with van der Waals surface area (Å²) in [5.74, 6) is -2.08. The zero-order valence-corrected chi connectivity index (χ0v) is 27.4. The van der Waals surface area contributed by atoms with Crippen LogP contribution in [0, 0.1) is 0 Å². The van der Waals surface area contributed by atoms with E-state index in [1.165, 1.54) is 12.1 Å². The third kappa shape index (κ3) is 12.0. The summed E-state index contributed by atoms with van der Waals surface area (Å²) in [4.78, 5) is 23.7. The van der Waals surface area contributed by atoms with Crippen molar-refractivity contribution in [3.05, 3.63) is 90.0 Å². The van der Waals surface area contributed by atoms with Gasteiger partial charge in [0.2, 0.25) is 0 Å². The number of nitrogens with two attached hydrogens (primary N) is 1. The van der Waals surface area contributed by atoms with Gasteiger partial charge >= 0.3 is 118 Å². The molecule has 0 fully saturated rings.